The van der Waals surface area contributed by atoms with Gasteiger partial charge in [0.15, 0.2) is 11.5 Å². The lowest BCUT2D eigenvalue weighted by atomic mass is 9.91. The highest BCUT2D eigenvalue weighted by Crippen LogP contribution is 2.35. The maximum absolute atomic E-state index is 12.0. The van der Waals surface area contributed by atoms with E-state index in [-0.39, 0.29) is 24.9 Å². The van der Waals surface area contributed by atoms with Gasteiger partial charge in [-0.1, -0.05) is 6.07 Å². The maximum atomic E-state index is 12.0. The monoisotopic (exact) mass is 293 g/mol. The molecule has 1 aromatic rings. The lowest BCUT2D eigenvalue weighted by Gasteiger charge is -2.18. The van der Waals surface area contributed by atoms with Crippen LogP contribution < -0.4 is 14.8 Å². The van der Waals surface area contributed by atoms with Crippen LogP contribution in [-0.2, 0) is 14.3 Å². The van der Waals surface area contributed by atoms with Crippen molar-refractivity contribution in [2.45, 2.75) is 25.3 Å². The van der Waals surface area contributed by atoms with Gasteiger partial charge in [0.05, 0.1) is 20.8 Å². The summed E-state index contributed by atoms with van der Waals surface area (Å²) >= 11 is 0. The van der Waals surface area contributed by atoms with Gasteiger partial charge < -0.3 is 19.5 Å². The Balaban J connectivity index is 2.30. The molecule has 6 heteroatoms. The Labute approximate surface area is 123 Å². The molecule has 114 valence electrons. The zero-order chi connectivity index (χ0) is 15.4. The van der Waals surface area contributed by atoms with Crippen LogP contribution in [-0.4, -0.2) is 38.7 Å². The molecule has 0 aromatic heterocycles. The first-order chi connectivity index (χ1) is 10.1. The maximum Gasteiger partial charge on any atom is 0.329 e. The van der Waals surface area contributed by atoms with Crippen LogP contribution >= 0.6 is 0 Å². The van der Waals surface area contributed by atoms with Crippen LogP contribution in [0, 0.1) is 0 Å². The van der Waals surface area contributed by atoms with E-state index in [0.29, 0.717) is 11.5 Å². The number of nitrogens with one attached hydrogen (secondary N) is 1. The van der Waals surface area contributed by atoms with E-state index in [1.807, 2.05) is 6.07 Å². The van der Waals surface area contributed by atoms with Gasteiger partial charge in [-0.25, -0.2) is 4.79 Å². The Morgan fingerprint density at radius 2 is 2.00 bits per heavy atom. The number of amides is 1. The highest BCUT2D eigenvalue weighted by Gasteiger charge is 2.39. The lowest BCUT2D eigenvalue weighted by Crippen LogP contribution is -2.37. The molecule has 0 bridgehead atoms. The summed E-state index contributed by atoms with van der Waals surface area (Å²) in [7, 11) is 3.10. The molecule has 1 N–H and O–H groups in total. The van der Waals surface area contributed by atoms with Gasteiger partial charge in [-0.2, -0.15) is 0 Å². The first-order valence-corrected chi connectivity index (χ1v) is 6.78. The van der Waals surface area contributed by atoms with Gasteiger partial charge in [0.25, 0.3) is 0 Å². The van der Waals surface area contributed by atoms with E-state index in [0.717, 1.165) is 5.56 Å². The van der Waals surface area contributed by atoms with Crippen molar-refractivity contribution in [1.29, 1.82) is 0 Å². The fourth-order valence-corrected chi connectivity index (χ4v) is 2.50. The molecule has 1 aliphatic heterocycles. The van der Waals surface area contributed by atoms with Gasteiger partial charge in [0.2, 0.25) is 5.91 Å². The first kappa shape index (κ1) is 15.2. The van der Waals surface area contributed by atoms with Gasteiger partial charge >= 0.3 is 5.97 Å². The van der Waals surface area contributed by atoms with Crippen LogP contribution in [0.3, 0.4) is 0 Å². The minimum Gasteiger partial charge on any atom is -0.493 e. The standard InChI is InChI=1S/C15H19NO5/c1-4-21-15(18)14-10(8-13(17)16-14)9-5-6-11(19-2)12(7-9)20-3/h5-7,10,14H,4,8H2,1-3H3,(H,16,17). The second kappa shape index (κ2) is 6.47. The van der Waals surface area contributed by atoms with Crippen LogP contribution in [0.2, 0.25) is 0 Å². The first-order valence-electron chi connectivity index (χ1n) is 6.78. The Bertz CT molecular complexity index is 543. The van der Waals surface area contributed by atoms with E-state index in [4.69, 9.17) is 14.2 Å². The fraction of sp³-hybridized carbons (Fsp3) is 0.467. The van der Waals surface area contributed by atoms with Crippen molar-refractivity contribution in [2.24, 2.45) is 0 Å². The minimum atomic E-state index is -0.657. The van der Waals surface area contributed by atoms with E-state index >= 15 is 0 Å². The van der Waals surface area contributed by atoms with E-state index in [9.17, 15) is 9.59 Å². The van der Waals surface area contributed by atoms with Crippen molar-refractivity contribution in [3.05, 3.63) is 23.8 Å². The molecule has 2 atom stereocenters. The topological polar surface area (TPSA) is 73.9 Å². The molecule has 1 aromatic carbocycles. The molecule has 1 amide bonds. The molecule has 6 nitrogen and oxygen atoms in total. The molecule has 1 fully saturated rings. The molecular weight excluding hydrogens is 274 g/mol. The molecule has 1 saturated heterocycles. The van der Waals surface area contributed by atoms with Crippen molar-refractivity contribution >= 4 is 11.9 Å². The molecule has 2 unspecified atom stereocenters. The molecule has 1 aliphatic rings. The summed E-state index contributed by atoms with van der Waals surface area (Å²) in [5, 5.41) is 2.67. The summed E-state index contributed by atoms with van der Waals surface area (Å²) in [4.78, 5) is 23.6. The van der Waals surface area contributed by atoms with Gasteiger partial charge in [-0.15, -0.1) is 0 Å². The second-order valence-electron chi connectivity index (χ2n) is 4.72. The summed E-state index contributed by atoms with van der Waals surface area (Å²) in [5.74, 6) is 0.329. The van der Waals surface area contributed by atoms with Gasteiger partial charge in [-0.3, -0.25) is 4.79 Å². The quantitative estimate of drug-likeness (QED) is 0.827. The summed E-state index contributed by atoms with van der Waals surface area (Å²) in [6.07, 6.45) is 0.249. The number of hydrogen-bond donors (Lipinski definition) is 1. The van der Waals surface area contributed by atoms with E-state index in [1.165, 1.54) is 0 Å². The Kier molecular flexibility index (Phi) is 4.67. The summed E-state index contributed by atoms with van der Waals surface area (Å²) < 4.78 is 15.5. The average molecular weight is 293 g/mol. The predicted molar refractivity (Wildman–Crippen MR) is 75.5 cm³/mol. The third-order valence-corrected chi connectivity index (χ3v) is 3.50. The summed E-state index contributed by atoms with van der Waals surface area (Å²) in [6.45, 7) is 2.02. The molecular formula is C15H19NO5. The predicted octanol–water partition coefficient (Wildman–Crippen LogP) is 1.24. The number of hydrogen-bond acceptors (Lipinski definition) is 5. The van der Waals surface area contributed by atoms with Crippen LogP contribution in [0.15, 0.2) is 18.2 Å². The number of esters is 1. The second-order valence-corrected chi connectivity index (χ2v) is 4.72. The average Bonchev–Trinajstić information content (AvgIpc) is 2.88. The molecule has 0 saturated carbocycles. The highest BCUT2D eigenvalue weighted by molar-refractivity contribution is 5.90. The Morgan fingerprint density at radius 3 is 2.62 bits per heavy atom. The van der Waals surface area contributed by atoms with Gasteiger partial charge in [0.1, 0.15) is 6.04 Å². The normalized spacial score (nSPS) is 20.8. The van der Waals surface area contributed by atoms with Crippen molar-refractivity contribution in [3.63, 3.8) is 0 Å². The number of carbonyl (C=O) groups excluding carboxylic acids is 2. The van der Waals surface area contributed by atoms with E-state index < -0.39 is 12.0 Å². The summed E-state index contributed by atoms with van der Waals surface area (Å²) in [5.41, 5.74) is 0.837. The molecule has 0 spiro atoms. The number of methoxy groups -OCH3 is 2. The number of rotatable bonds is 5. The Hall–Kier alpha value is -2.24. The third-order valence-electron chi connectivity index (χ3n) is 3.50. The van der Waals surface area contributed by atoms with Crippen LogP contribution in [0.4, 0.5) is 0 Å². The molecule has 0 aliphatic carbocycles. The molecule has 0 radical (unpaired) electrons. The molecule has 1 heterocycles. The van der Waals surface area contributed by atoms with Crippen molar-refractivity contribution in [2.75, 3.05) is 20.8 Å². The molecule has 21 heavy (non-hydrogen) atoms. The van der Waals surface area contributed by atoms with E-state index in [1.54, 1.807) is 33.3 Å². The fourth-order valence-electron chi connectivity index (χ4n) is 2.50. The third kappa shape index (κ3) is 3.09. The van der Waals surface area contributed by atoms with Crippen molar-refractivity contribution in [3.8, 4) is 11.5 Å². The van der Waals surface area contributed by atoms with Crippen molar-refractivity contribution < 1.29 is 23.8 Å². The SMILES string of the molecule is CCOC(=O)C1NC(=O)CC1c1ccc(OC)c(OC)c1. The zero-order valence-electron chi connectivity index (χ0n) is 12.3. The van der Waals surface area contributed by atoms with Crippen molar-refractivity contribution in [1.82, 2.24) is 5.32 Å². The van der Waals surface area contributed by atoms with Gasteiger partial charge in [-0.05, 0) is 24.6 Å². The summed E-state index contributed by atoms with van der Waals surface area (Å²) in [6, 6.07) is 4.73. The minimum absolute atomic E-state index is 0.159. The number of benzene rings is 1. The van der Waals surface area contributed by atoms with Crippen LogP contribution in [0.5, 0.6) is 11.5 Å². The number of carbonyl (C=O) groups is 2. The number of ether oxygens (including phenoxy) is 3. The smallest absolute Gasteiger partial charge is 0.329 e. The van der Waals surface area contributed by atoms with Crippen LogP contribution in [0.25, 0.3) is 0 Å². The Morgan fingerprint density at radius 1 is 1.29 bits per heavy atom. The highest BCUT2D eigenvalue weighted by atomic mass is 16.5. The lowest BCUT2D eigenvalue weighted by molar-refractivity contribution is -0.146. The van der Waals surface area contributed by atoms with Gasteiger partial charge in [0, 0.05) is 12.3 Å². The molecule has 2 rings (SSSR count). The largest absolute Gasteiger partial charge is 0.493 e. The van der Waals surface area contributed by atoms with E-state index in [2.05, 4.69) is 5.32 Å². The zero-order valence-corrected chi connectivity index (χ0v) is 12.3. The van der Waals surface area contributed by atoms with Crippen LogP contribution in [0.1, 0.15) is 24.8 Å².